The van der Waals surface area contributed by atoms with E-state index in [1.165, 1.54) is 6.26 Å². The van der Waals surface area contributed by atoms with Crippen molar-refractivity contribution >= 4 is 33.3 Å². The molecule has 0 spiro atoms. The van der Waals surface area contributed by atoms with Crippen molar-refractivity contribution in [1.82, 2.24) is 0 Å². The Labute approximate surface area is 123 Å². The second-order valence-electron chi connectivity index (χ2n) is 4.45. The quantitative estimate of drug-likeness (QED) is 0.810. The topological polar surface area (TPSA) is 46.5 Å². The Morgan fingerprint density at radius 2 is 1.80 bits per heavy atom. The molecule has 0 aliphatic carbocycles. The van der Waals surface area contributed by atoms with Crippen molar-refractivity contribution in [3.05, 3.63) is 58.6 Å². The Hall–Kier alpha value is -1.65. The number of benzene rings is 2. The monoisotopic (exact) mass is 307 g/mol. The SMILES string of the molecule is Cc1c(Cl)cccc1/N=C\c1ccccc1S(C)(=O)=O. The molecule has 0 fully saturated rings. The Morgan fingerprint density at radius 3 is 2.50 bits per heavy atom. The molecular formula is C15H14ClNO2S. The minimum Gasteiger partial charge on any atom is -0.256 e. The molecule has 2 aromatic carbocycles. The van der Waals surface area contributed by atoms with Crippen molar-refractivity contribution in [1.29, 1.82) is 0 Å². The van der Waals surface area contributed by atoms with Gasteiger partial charge in [0.25, 0.3) is 0 Å². The van der Waals surface area contributed by atoms with Gasteiger partial charge in [-0.2, -0.15) is 0 Å². The van der Waals surface area contributed by atoms with Gasteiger partial charge in [0, 0.05) is 23.1 Å². The Kier molecular flexibility index (Phi) is 4.26. The van der Waals surface area contributed by atoms with Crippen LogP contribution in [0.4, 0.5) is 5.69 Å². The van der Waals surface area contributed by atoms with Crippen LogP contribution in [0.25, 0.3) is 0 Å². The molecule has 0 saturated heterocycles. The van der Waals surface area contributed by atoms with Crippen LogP contribution in [0.1, 0.15) is 11.1 Å². The van der Waals surface area contributed by atoms with E-state index in [0.29, 0.717) is 10.6 Å². The summed E-state index contributed by atoms with van der Waals surface area (Å²) in [4.78, 5) is 4.60. The lowest BCUT2D eigenvalue weighted by atomic mass is 10.2. The van der Waals surface area contributed by atoms with Crippen LogP contribution in [0.15, 0.2) is 52.4 Å². The summed E-state index contributed by atoms with van der Waals surface area (Å²) in [5.74, 6) is 0. The van der Waals surface area contributed by atoms with Crippen LogP contribution in [0.5, 0.6) is 0 Å². The van der Waals surface area contributed by atoms with Crippen molar-refractivity contribution in [2.75, 3.05) is 6.26 Å². The van der Waals surface area contributed by atoms with Crippen LogP contribution in [0.2, 0.25) is 5.02 Å². The molecule has 0 unspecified atom stereocenters. The number of rotatable bonds is 3. The summed E-state index contributed by atoms with van der Waals surface area (Å²) >= 11 is 6.03. The standard InChI is InChI=1S/C15H14ClNO2S/c1-11-13(16)7-5-8-14(11)17-10-12-6-3-4-9-15(12)20(2,18)19/h3-10H,1-2H3/b17-10-. The van der Waals surface area contributed by atoms with Crippen LogP contribution in [0.3, 0.4) is 0 Å². The van der Waals surface area contributed by atoms with E-state index in [4.69, 9.17) is 11.6 Å². The summed E-state index contributed by atoms with van der Waals surface area (Å²) in [5, 5.41) is 0.635. The smallest absolute Gasteiger partial charge is 0.176 e. The highest BCUT2D eigenvalue weighted by molar-refractivity contribution is 7.90. The fourth-order valence-electron chi connectivity index (χ4n) is 1.80. The normalized spacial score (nSPS) is 11.9. The first-order chi connectivity index (χ1) is 9.39. The predicted octanol–water partition coefficient (Wildman–Crippen LogP) is 3.80. The predicted molar refractivity (Wildman–Crippen MR) is 83.0 cm³/mol. The molecule has 0 radical (unpaired) electrons. The van der Waals surface area contributed by atoms with E-state index in [1.54, 1.807) is 36.5 Å². The molecule has 104 valence electrons. The molecule has 0 saturated carbocycles. The minimum atomic E-state index is -3.27. The summed E-state index contributed by atoms with van der Waals surface area (Å²) in [7, 11) is -3.27. The van der Waals surface area contributed by atoms with Gasteiger partial charge >= 0.3 is 0 Å². The lowest BCUT2D eigenvalue weighted by molar-refractivity contribution is 0.602. The van der Waals surface area contributed by atoms with Gasteiger partial charge in [0.2, 0.25) is 0 Å². The average molecular weight is 308 g/mol. The summed E-state index contributed by atoms with van der Waals surface area (Å²) in [6, 6.07) is 12.2. The molecule has 0 bridgehead atoms. The Morgan fingerprint density at radius 1 is 1.10 bits per heavy atom. The zero-order valence-electron chi connectivity index (χ0n) is 11.2. The molecule has 0 heterocycles. The number of hydrogen-bond donors (Lipinski definition) is 0. The summed E-state index contributed by atoms with van der Waals surface area (Å²) in [5.41, 5.74) is 2.15. The van der Waals surface area contributed by atoms with Crippen molar-refractivity contribution in [3.8, 4) is 0 Å². The summed E-state index contributed by atoms with van der Waals surface area (Å²) in [6.07, 6.45) is 2.74. The second kappa shape index (κ2) is 5.77. The third kappa shape index (κ3) is 3.26. The first-order valence-electron chi connectivity index (χ1n) is 5.98. The average Bonchev–Trinajstić information content (AvgIpc) is 2.40. The molecule has 0 N–H and O–H groups in total. The summed E-state index contributed by atoms with van der Waals surface area (Å²) < 4.78 is 23.4. The molecule has 2 aromatic rings. The molecule has 2 rings (SSSR count). The van der Waals surface area contributed by atoms with E-state index in [9.17, 15) is 8.42 Å². The largest absolute Gasteiger partial charge is 0.256 e. The maximum atomic E-state index is 11.7. The van der Waals surface area contributed by atoms with Gasteiger partial charge in [-0.3, -0.25) is 4.99 Å². The minimum absolute atomic E-state index is 0.267. The van der Waals surface area contributed by atoms with Crippen LogP contribution in [-0.4, -0.2) is 20.9 Å². The third-order valence-electron chi connectivity index (χ3n) is 2.90. The first-order valence-corrected chi connectivity index (χ1v) is 8.25. The zero-order chi connectivity index (χ0) is 14.8. The first kappa shape index (κ1) is 14.8. The van der Waals surface area contributed by atoms with E-state index < -0.39 is 9.84 Å². The molecule has 5 heteroatoms. The highest BCUT2D eigenvalue weighted by Gasteiger charge is 2.10. The fourth-order valence-corrected chi connectivity index (χ4v) is 2.84. The van der Waals surface area contributed by atoms with Crippen LogP contribution in [-0.2, 0) is 9.84 Å². The van der Waals surface area contributed by atoms with Crippen LogP contribution in [0, 0.1) is 6.92 Å². The number of hydrogen-bond acceptors (Lipinski definition) is 3. The third-order valence-corrected chi connectivity index (χ3v) is 4.48. The van der Waals surface area contributed by atoms with E-state index in [0.717, 1.165) is 11.3 Å². The Bertz CT molecular complexity index is 767. The maximum absolute atomic E-state index is 11.7. The van der Waals surface area contributed by atoms with Gasteiger partial charge in [0.1, 0.15) is 0 Å². The van der Waals surface area contributed by atoms with Crippen molar-refractivity contribution in [3.63, 3.8) is 0 Å². The van der Waals surface area contributed by atoms with E-state index in [-0.39, 0.29) is 4.90 Å². The number of aliphatic imine (C=N–C) groups is 1. The van der Waals surface area contributed by atoms with Gasteiger partial charge in [-0.25, -0.2) is 8.42 Å². The molecule has 0 atom stereocenters. The lowest BCUT2D eigenvalue weighted by Gasteiger charge is -2.04. The van der Waals surface area contributed by atoms with Crippen LogP contribution >= 0.6 is 11.6 Å². The van der Waals surface area contributed by atoms with Crippen molar-refractivity contribution < 1.29 is 8.42 Å². The van der Waals surface area contributed by atoms with Gasteiger partial charge in [-0.1, -0.05) is 35.9 Å². The molecule has 3 nitrogen and oxygen atoms in total. The molecule has 20 heavy (non-hydrogen) atoms. The fraction of sp³-hybridized carbons (Fsp3) is 0.133. The highest BCUT2D eigenvalue weighted by atomic mass is 35.5. The lowest BCUT2D eigenvalue weighted by Crippen LogP contribution is -2.01. The number of nitrogens with zero attached hydrogens (tertiary/aromatic N) is 1. The zero-order valence-corrected chi connectivity index (χ0v) is 12.7. The van der Waals surface area contributed by atoms with Gasteiger partial charge in [0.05, 0.1) is 10.6 Å². The molecule has 0 amide bonds. The maximum Gasteiger partial charge on any atom is 0.176 e. The number of sulfone groups is 1. The molecule has 0 aliphatic heterocycles. The van der Waals surface area contributed by atoms with Gasteiger partial charge < -0.3 is 0 Å². The van der Waals surface area contributed by atoms with Crippen molar-refractivity contribution in [2.45, 2.75) is 11.8 Å². The van der Waals surface area contributed by atoms with Gasteiger partial charge in [-0.15, -0.1) is 0 Å². The van der Waals surface area contributed by atoms with E-state index in [2.05, 4.69) is 4.99 Å². The van der Waals surface area contributed by atoms with E-state index in [1.807, 2.05) is 19.1 Å². The second-order valence-corrected chi connectivity index (χ2v) is 6.84. The molecule has 0 aromatic heterocycles. The van der Waals surface area contributed by atoms with Gasteiger partial charge in [0.15, 0.2) is 9.84 Å². The molecule has 0 aliphatic rings. The van der Waals surface area contributed by atoms with Gasteiger partial charge in [-0.05, 0) is 30.7 Å². The highest BCUT2D eigenvalue weighted by Crippen LogP contribution is 2.25. The number of halogens is 1. The summed E-state index contributed by atoms with van der Waals surface area (Å²) in [6.45, 7) is 1.87. The van der Waals surface area contributed by atoms with Crippen molar-refractivity contribution in [2.24, 2.45) is 4.99 Å². The van der Waals surface area contributed by atoms with E-state index >= 15 is 0 Å². The molecular weight excluding hydrogens is 294 g/mol. The Balaban J connectivity index is 2.45. The van der Waals surface area contributed by atoms with Crippen LogP contribution < -0.4 is 0 Å².